The van der Waals surface area contributed by atoms with Gasteiger partial charge in [0.2, 0.25) is 5.91 Å². The van der Waals surface area contributed by atoms with Gasteiger partial charge in [-0.25, -0.2) is 0 Å². The zero-order valence-corrected chi connectivity index (χ0v) is 10.1. The first kappa shape index (κ1) is 11.9. The highest BCUT2D eigenvalue weighted by molar-refractivity contribution is 5.81. The first-order valence-corrected chi connectivity index (χ1v) is 6.06. The summed E-state index contributed by atoms with van der Waals surface area (Å²) in [5, 5.41) is 6.43. The van der Waals surface area contributed by atoms with Crippen LogP contribution in [0, 0.1) is 0 Å². The number of anilines is 1. The number of hydrogen-bond acceptors (Lipinski definition) is 3. The summed E-state index contributed by atoms with van der Waals surface area (Å²) in [7, 11) is 0. The molecular formula is C13H19N3O. The number of nitrogens with one attached hydrogen (secondary N) is 2. The summed E-state index contributed by atoms with van der Waals surface area (Å²) >= 11 is 0. The van der Waals surface area contributed by atoms with E-state index in [4.69, 9.17) is 0 Å². The lowest BCUT2D eigenvalue weighted by Crippen LogP contribution is -2.53. The van der Waals surface area contributed by atoms with Crippen molar-refractivity contribution >= 4 is 11.6 Å². The van der Waals surface area contributed by atoms with Crippen LogP contribution in [0.2, 0.25) is 0 Å². The maximum Gasteiger partial charge on any atom is 0.242 e. The molecule has 1 heterocycles. The number of benzene rings is 1. The topological polar surface area (TPSA) is 44.4 Å². The van der Waals surface area contributed by atoms with E-state index in [9.17, 15) is 4.79 Å². The fraction of sp³-hybridized carbons (Fsp3) is 0.462. The van der Waals surface area contributed by atoms with Crippen LogP contribution in [0.15, 0.2) is 30.3 Å². The molecule has 1 aromatic rings. The van der Waals surface area contributed by atoms with E-state index >= 15 is 0 Å². The number of carbonyl (C=O) groups excluding carboxylic acids is 1. The van der Waals surface area contributed by atoms with Gasteiger partial charge in [0.05, 0.1) is 6.54 Å². The second kappa shape index (κ2) is 5.68. The Bertz CT molecular complexity index is 366. The Kier molecular flexibility index (Phi) is 3.98. The SMILES string of the molecule is CC1CNCCN1C(=O)CNc1ccccc1. The molecule has 1 aliphatic heterocycles. The molecule has 1 unspecified atom stereocenters. The van der Waals surface area contributed by atoms with Crippen LogP contribution in [0.25, 0.3) is 0 Å². The molecular weight excluding hydrogens is 214 g/mol. The van der Waals surface area contributed by atoms with Crippen LogP contribution in [0.1, 0.15) is 6.92 Å². The van der Waals surface area contributed by atoms with Gasteiger partial charge in [-0.05, 0) is 19.1 Å². The number of nitrogens with zero attached hydrogens (tertiary/aromatic N) is 1. The van der Waals surface area contributed by atoms with E-state index in [0.29, 0.717) is 6.54 Å². The van der Waals surface area contributed by atoms with Crippen molar-refractivity contribution in [3.8, 4) is 0 Å². The Morgan fingerprint density at radius 3 is 2.94 bits per heavy atom. The summed E-state index contributed by atoms with van der Waals surface area (Å²) in [5.74, 6) is 0.169. The van der Waals surface area contributed by atoms with Crippen molar-refractivity contribution in [3.63, 3.8) is 0 Å². The van der Waals surface area contributed by atoms with Crippen LogP contribution >= 0.6 is 0 Å². The molecule has 1 aliphatic rings. The predicted octanol–water partition coefficient (Wildman–Crippen LogP) is 0.919. The van der Waals surface area contributed by atoms with E-state index in [1.165, 1.54) is 0 Å². The van der Waals surface area contributed by atoms with Crippen LogP contribution < -0.4 is 10.6 Å². The summed E-state index contributed by atoms with van der Waals surface area (Å²) in [4.78, 5) is 14.0. The molecule has 17 heavy (non-hydrogen) atoms. The second-order valence-corrected chi connectivity index (χ2v) is 4.36. The van der Waals surface area contributed by atoms with Gasteiger partial charge < -0.3 is 15.5 Å². The van der Waals surface area contributed by atoms with Crippen molar-refractivity contribution in [3.05, 3.63) is 30.3 Å². The smallest absolute Gasteiger partial charge is 0.242 e. The molecule has 1 aromatic carbocycles. The van der Waals surface area contributed by atoms with Crippen molar-refractivity contribution in [2.24, 2.45) is 0 Å². The van der Waals surface area contributed by atoms with Crippen LogP contribution in [0.4, 0.5) is 5.69 Å². The molecule has 0 aliphatic carbocycles. The summed E-state index contributed by atoms with van der Waals surface area (Å²) in [5.41, 5.74) is 0.989. The van der Waals surface area contributed by atoms with Gasteiger partial charge in [0.25, 0.3) is 0 Å². The molecule has 1 amide bonds. The quantitative estimate of drug-likeness (QED) is 0.816. The van der Waals surface area contributed by atoms with E-state index in [-0.39, 0.29) is 11.9 Å². The molecule has 0 spiro atoms. The molecule has 0 radical (unpaired) electrons. The molecule has 4 nitrogen and oxygen atoms in total. The van der Waals surface area contributed by atoms with Crippen LogP contribution in [0.3, 0.4) is 0 Å². The minimum absolute atomic E-state index is 0.169. The lowest BCUT2D eigenvalue weighted by atomic mass is 10.2. The van der Waals surface area contributed by atoms with Gasteiger partial charge >= 0.3 is 0 Å². The van der Waals surface area contributed by atoms with Crippen molar-refractivity contribution in [1.29, 1.82) is 0 Å². The van der Waals surface area contributed by atoms with Gasteiger partial charge in [-0.15, -0.1) is 0 Å². The first-order valence-electron chi connectivity index (χ1n) is 6.06. The minimum atomic E-state index is 0.169. The number of piperazine rings is 1. The van der Waals surface area contributed by atoms with E-state index < -0.39 is 0 Å². The lowest BCUT2D eigenvalue weighted by molar-refractivity contribution is -0.132. The molecule has 2 rings (SSSR count). The van der Waals surface area contributed by atoms with Crippen molar-refractivity contribution in [2.75, 3.05) is 31.5 Å². The van der Waals surface area contributed by atoms with Crippen LogP contribution in [0.5, 0.6) is 0 Å². The largest absolute Gasteiger partial charge is 0.376 e. The molecule has 1 fully saturated rings. The van der Waals surface area contributed by atoms with Gasteiger partial charge in [0.1, 0.15) is 0 Å². The van der Waals surface area contributed by atoms with Crippen molar-refractivity contribution < 1.29 is 4.79 Å². The van der Waals surface area contributed by atoms with E-state index in [0.717, 1.165) is 25.3 Å². The second-order valence-electron chi connectivity index (χ2n) is 4.36. The molecule has 0 bridgehead atoms. The van der Waals surface area contributed by atoms with Gasteiger partial charge in [0, 0.05) is 31.4 Å². The average molecular weight is 233 g/mol. The standard InChI is InChI=1S/C13H19N3O/c1-11-9-14-7-8-16(11)13(17)10-15-12-5-3-2-4-6-12/h2-6,11,14-15H,7-10H2,1H3. The van der Waals surface area contributed by atoms with E-state index in [1.807, 2.05) is 35.2 Å². The number of carbonyl (C=O) groups is 1. The number of hydrogen-bond donors (Lipinski definition) is 2. The molecule has 92 valence electrons. The number of para-hydroxylation sites is 1. The highest BCUT2D eigenvalue weighted by Crippen LogP contribution is 2.06. The summed E-state index contributed by atoms with van der Waals surface area (Å²) in [6, 6.07) is 10.1. The monoisotopic (exact) mass is 233 g/mol. The molecule has 2 N–H and O–H groups in total. The minimum Gasteiger partial charge on any atom is -0.376 e. The summed E-state index contributed by atoms with van der Waals surface area (Å²) < 4.78 is 0. The normalized spacial score (nSPS) is 20.1. The summed E-state index contributed by atoms with van der Waals surface area (Å²) in [6.45, 7) is 5.02. The third-order valence-corrected chi connectivity index (χ3v) is 3.04. The first-order chi connectivity index (χ1) is 8.27. The number of amides is 1. The average Bonchev–Trinajstić information content (AvgIpc) is 2.38. The zero-order chi connectivity index (χ0) is 12.1. The highest BCUT2D eigenvalue weighted by Gasteiger charge is 2.22. The Morgan fingerprint density at radius 1 is 1.47 bits per heavy atom. The molecule has 1 saturated heterocycles. The van der Waals surface area contributed by atoms with Gasteiger partial charge in [-0.2, -0.15) is 0 Å². The van der Waals surface area contributed by atoms with E-state index in [2.05, 4.69) is 17.6 Å². The van der Waals surface area contributed by atoms with Gasteiger partial charge in [0.15, 0.2) is 0 Å². The fourth-order valence-electron chi connectivity index (χ4n) is 2.05. The Morgan fingerprint density at radius 2 is 2.24 bits per heavy atom. The highest BCUT2D eigenvalue weighted by atomic mass is 16.2. The third kappa shape index (κ3) is 3.20. The van der Waals surface area contributed by atoms with E-state index in [1.54, 1.807) is 0 Å². The Labute approximate surface area is 102 Å². The maximum absolute atomic E-state index is 12.0. The lowest BCUT2D eigenvalue weighted by Gasteiger charge is -2.34. The van der Waals surface area contributed by atoms with Crippen molar-refractivity contribution in [2.45, 2.75) is 13.0 Å². The fourth-order valence-corrected chi connectivity index (χ4v) is 2.05. The molecule has 4 heteroatoms. The molecule has 1 atom stereocenters. The number of rotatable bonds is 3. The molecule has 0 aromatic heterocycles. The molecule has 0 saturated carbocycles. The van der Waals surface area contributed by atoms with Gasteiger partial charge in [-0.3, -0.25) is 4.79 Å². The van der Waals surface area contributed by atoms with Crippen LogP contribution in [-0.2, 0) is 4.79 Å². The Hall–Kier alpha value is -1.55. The maximum atomic E-state index is 12.0. The Balaban J connectivity index is 1.84. The van der Waals surface area contributed by atoms with Gasteiger partial charge in [-0.1, -0.05) is 18.2 Å². The third-order valence-electron chi connectivity index (χ3n) is 3.04. The zero-order valence-electron chi connectivity index (χ0n) is 10.1. The van der Waals surface area contributed by atoms with Crippen LogP contribution in [-0.4, -0.2) is 43.0 Å². The summed E-state index contributed by atoms with van der Waals surface area (Å²) in [6.07, 6.45) is 0. The van der Waals surface area contributed by atoms with Crippen molar-refractivity contribution in [1.82, 2.24) is 10.2 Å². The predicted molar refractivity (Wildman–Crippen MR) is 69.0 cm³/mol.